The maximum absolute atomic E-state index is 11.9. The highest BCUT2D eigenvalue weighted by Gasteiger charge is 2.25. The van der Waals surface area contributed by atoms with Crippen LogP contribution in [0.3, 0.4) is 0 Å². The number of alkyl halides is 3. The number of carbonyl (C=O) groups excluding carboxylic acids is 1. The molecule has 90 valence electrons. The lowest BCUT2D eigenvalue weighted by Gasteiger charge is -2.06. The summed E-state index contributed by atoms with van der Waals surface area (Å²) in [6.07, 6.45) is -1.20. The fourth-order valence-corrected chi connectivity index (χ4v) is 1.41. The van der Waals surface area contributed by atoms with Crippen molar-refractivity contribution in [3.63, 3.8) is 0 Å². The van der Waals surface area contributed by atoms with Crippen LogP contribution >= 0.6 is 0 Å². The molecule has 0 aliphatic rings. The number of nitrogens with zero attached hydrogens (tertiary/aromatic N) is 1. The SMILES string of the molecule is CCC(=O)c1ccn(CCCC(F)(F)F)c1. The predicted octanol–water partition coefficient (Wildman–Crippen LogP) is 3.42. The van der Waals surface area contributed by atoms with E-state index in [0.717, 1.165) is 0 Å². The standard InChI is InChI=1S/C11H14F3NO/c1-2-10(16)9-4-7-15(8-9)6-3-5-11(12,13)14/h4,7-8H,2-3,5-6H2,1H3. The van der Waals surface area contributed by atoms with Gasteiger partial charge in [0.2, 0.25) is 0 Å². The van der Waals surface area contributed by atoms with E-state index in [2.05, 4.69) is 0 Å². The third-order valence-electron chi connectivity index (χ3n) is 2.27. The first-order valence-corrected chi connectivity index (χ1v) is 5.18. The molecule has 0 amide bonds. The van der Waals surface area contributed by atoms with Gasteiger partial charge in [0.05, 0.1) is 0 Å². The quantitative estimate of drug-likeness (QED) is 0.714. The largest absolute Gasteiger partial charge is 0.389 e. The fourth-order valence-electron chi connectivity index (χ4n) is 1.41. The zero-order valence-corrected chi connectivity index (χ0v) is 9.05. The maximum atomic E-state index is 11.9. The number of hydrogen-bond acceptors (Lipinski definition) is 1. The lowest BCUT2D eigenvalue weighted by molar-refractivity contribution is -0.135. The summed E-state index contributed by atoms with van der Waals surface area (Å²) in [5.74, 6) is 0.00886. The molecule has 1 heterocycles. The van der Waals surface area contributed by atoms with Crippen LogP contribution in [0.2, 0.25) is 0 Å². The van der Waals surface area contributed by atoms with Crippen molar-refractivity contribution < 1.29 is 18.0 Å². The normalized spacial score (nSPS) is 11.8. The van der Waals surface area contributed by atoms with E-state index in [1.807, 2.05) is 0 Å². The highest BCUT2D eigenvalue weighted by atomic mass is 19.4. The number of Topliss-reactive ketones (excluding diaryl/α,β-unsaturated/α-hetero) is 1. The number of halogens is 3. The molecule has 5 heteroatoms. The summed E-state index contributed by atoms with van der Waals surface area (Å²) in [7, 11) is 0. The highest BCUT2D eigenvalue weighted by Crippen LogP contribution is 2.21. The maximum Gasteiger partial charge on any atom is 0.389 e. The average molecular weight is 233 g/mol. The van der Waals surface area contributed by atoms with Crippen LogP contribution in [-0.4, -0.2) is 16.5 Å². The summed E-state index contributed by atoms with van der Waals surface area (Å²) >= 11 is 0. The second-order valence-corrected chi connectivity index (χ2v) is 3.63. The van der Waals surface area contributed by atoms with Crippen LogP contribution in [0.4, 0.5) is 13.2 Å². The molecule has 1 rings (SSSR count). The van der Waals surface area contributed by atoms with Crippen LogP contribution in [0.15, 0.2) is 18.5 Å². The Balaban J connectivity index is 2.44. The molecule has 0 bridgehead atoms. The molecule has 16 heavy (non-hydrogen) atoms. The fraction of sp³-hybridized carbons (Fsp3) is 0.545. The molecule has 0 saturated heterocycles. The van der Waals surface area contributed by atoms with Crippen LogP contribution in [0.1, 0.15) is 36.5 Å². The molecule has 0 aliphatic carbocycles. The molecule has 0 N–H and O–H groups in total. The molecule has 0 fully saturated rings. The number of aryl methyl sites for hydroxylation is 1. The lowest BCUT2D eigenvalue weighted by atomic mass is 10.2. The minimum absolute atomic E-state index is 0.00886. The molecule has 2 nitrogen and oxygen atoms in total. The van der Waals surface area contributed by atoms with Crippen molar-refractivity contribution >= 4 is 5.78 Å². The van der Waals surface area contributed by atoms with Crippen LogP contribution in [0, 0.1) is 0 Å². The van der Waals surface area contributed by atoms with Crippen molar-refractivity contribution in [3.05, 3.63) is 24.0 Å². The van der Waals surface area contributed by atoms with Gasteiger partial charge in [0.1, 0.15) is 0 Å². The molecule has 0 unspecified atom stereocenters. The topological polar surface area (TPSA) is 22.0 Å². The second-order valence-electron chi connectivity index (χ2n) is 3.63. The van der Waals surface area contributed by atoms with E-state index in [-0.39, 0.29) is 18.7 Å². The summed E-state index contributed by atoms with van der Waals surface area (Å²) in [6, 6.07) is 1.64. The molecule has 0 atom stereocenters. The van der Waals surface area contributed by atoms with Gasteiger partial charge in [0.25, 0.3) is 0 Å². The van der Waals surface area contributed by atoms with Gasteiger partial charge in [-0.2, -0.15) is 13.2 Å². The Morgan fingerprint density at radius 1 is 1.44 bits per heavy atom. The summed E-state index contributed by atoms with van der Waals surface area (Å²) in [6.45, 7) is 2.04. The Morgan fingerprint density at radius 3 is 2.69 bits per heavy atom. The number of carbonyl (C=O) groups is 1. The number of ketones is 1. The minimum atomic E-state index is -4.10. The van der Waals surface area contributed by atoms with E-state index in [1.54, 1.807) is 30.0 Å². The van der Waals surface area contributed by atoms with E-state index in [9.17, 15) is 18.0 Å². The van der Waals surface area contributed by atoms with E-state index < -0.39 is 12.6 Å². The number of rotatable bonds is 5. The van der Waals surface area contributed by atoms with Crippen molar-refractivity contribution in [3.8, 4) is 0 Å². The van der Waals surface area contributed by atoms with Crippen molar-refractivity contribution in [2.45, 2.75) is 38.9 Å². The smallest absolute Gasteiger partial charge is 0.354 e. The van der Waals surface area contributed by atoms with Crippen LogP contribution < -0.4 is 0 Å². The lowest BCUT2D eigenvalue weighted by Crippen LogP contribution is -2.08. The molecule has 1 aromatic heterocycles. The van der Waals surface area contributed by atoms with Gasteiger partial charge in [0, 0.05) is 37.3 Å². The number of aromatic nitrogens is 1. The van der Waals surface area contributed by atoms with Gasteiger partial charge in [0.15, 0.2) is 5.78 Å². The Morgan fingerprint density at radius 2 is 2.12 bits per heavy atom. The second kappa shape index (κ2) is 5.18. The molecule has 0 aromatic carbocycles. The minimum Gasteiger partial charge on any atom is -0.354 e. The highest BCUT2D eigenvalue weighted by molar-refractivity contribution is 5.95. The zero-order valence-electron chi connectivity index (χ0n) is 9.05. The van der Waals surface area contributed by atoms with Gasteiger partial charge in [-0.3, -0.25) is 4.79 Å². The molecular formula is C11H14F3NO. The van der Waals surface area contributed by atoms with E-state index in [4.69, 9.17) is 0 Å². The molecule has 0 radical (unpaired) electrons. The van der Waals surface area contributed by atoms with Gasteiger partial charge in [-0.1, -0.05) is 6.92 Å². The molecule has 0 aliphatic heterocycles. The summed E-state index contributed by atoms with van der Waals surface area (Å²) in [5, 5.41) is 0. The Bertz CT molecular complexity index is 354. The van der Waals surface area contributed by atoms with E-state index in [1.165, 1.54) is 0 Å². The van der Waals surface area contributed by atoms with Gasteiger partial charge < -0.3 is 4.57 Å². The first-order chi connectivity index (χ1) is 7.42. The van der Waals surface area contributed by atoms with Gasteiger partial charge in [-0.15, -0.1) is 0 Å². The third kappa shape index (κ3) is 4.08. The third-order valence-corrected chi connectivity index (χ3v) is 2.27. The summed E-state index contributed by atoms with van der Waals surface area (Å²) < 4.78 is 37.3. The van der Waals surface area contributed by atoms with Gasteiger partial charge in [-0.05, 0) is 12.5 Å². The van der Waals surface area contributed by atoms with Gasteiger partial charge in [-0.25, -0.2) is 0 Å². The first-order valence-electron chi connectivity index (χ1n) is 5.18. The van der Waals surface area contributed by atoms with Crippen molar-refractivity contribution in [1.82, 2.24) is 4.57 Å². The molecule has 0 saturated carbocycles. The average Bonchev–Trinajstić information content (AvgIpc) is 2.63. The Hall–Kier alpha value is -1.26. The van der Waals surface area contributed by atoms with Crippen LogP contribution in [0.25, 0.3) is 0 Å². The molecule has 1 aromatic rings. The monoisotopic (exact) mass is 233 g/mol. The first kappa shape index (κ1) is 12.8. The Kier molecular flexibility index (Phi) is 4.15. The number of hydrogen-bond donors (Lipinski definition) is 0. The van der Waals surface area contributed by atoms with Crippen molar-refractivity contribution in [2.24, 2.45) is 0 Å². The molecule has 0 spiro atoms. The predicted molar refractivity (Wildman–Crippen MR) is 54.3 cm³/mol. The van der Waals surface area contributed by atoms with Crippen molar-refractivity contribution in [1.29, 1.82) is 0 Å². The Labute approximate surface area is 92.1 Å². The summed E-state index contributed by atoms with van der Waals surface area (Å²) in [4.78, 5) is 11.3. The summed E-state index contributed by atoms with van der Waals surface area (Å²) in [5.41, 5.74) is 0.564. The van der Waals surface area contributed by atoms with E-state index >= 15 is 0 Å². The van der Waals surface area contributed by atoms with Crippen LogP contribution in [0.5, 0.6) is 0 Å². The van der Waals surface area contributed by atoms with Crippen LogP contribution in [-0.2, 0) is 6.54 Å². The van der Waals surface area contributed by atoms with Crippen molar-refractivity contribution in [2.75, 3.05) is 0 Å². The molecular weight excluding hydrogens is 219 g/mol. The van der Waals surface area contributed by atoms with Gasteiger partial charge >= 0.3 is 6.18 Å². The zero-order chi connectivity index (χ0) is 12.2. The van der Waals surface area contributed by atoms with E-state index in [0.29, 0.717) is 12.0 Å².